The molecule has 0 fully saturated rings. The van der Waals surface area contributed by atoms with Crippen molar-refractivity contribution in [3.63, 3.8) is 0 Å². The fraction of sp³-hybridized carbons (Fsp3) is 0.860. The van der Waals surface area contributed by atoms with Gasteiger partial charge in [0.05, 0.1) is 39.9 Å². The topological polar surface area (TPSA) is 108 Å². The van der Waals surface area contributed by atoms with Gasteiger partial charge in [-0.15, -0.1) is 0 Å². The van der Waals surface area contributed by atoms with Crippen LogP contribution < -0.4 is 10.2 Å². The summed E-state index contributed by atoms with van der Waals surface area (Å²) in [6.45, 7) is 4.70. The second-order valence-electron chi connectivity index (χ2n) is 18.2. The van der Waals surface area contributed by atoms with Crippen molar-refractivity contribution in [1.29, 1.82) is 0 Å². The maximum absolute atomic E-state index is 12.9. The standard InChI is InChI=1S/C50H97N2O6P/c1-6-8-10-12-14-16-18-20-21-22-23-24-25-26-27-28-29-30-31-32-34-36-38-40-42-44-50(54)51-48(47-58-59(55,56)57-46-45-52(3,4)5)49(53)43-41-39-37-35-33-19-17-15-13-11-9-7-2/h18,20,22-23,25-26,48-49,53H,6-17,19,21,24,27-47H2,1-5H3,(H-,51,54,55,56)/b20-18-,23-22-,26-25-. The van der Waals surface area contributed by atoms with Gasteiger partial charge >= 0.3 is 0 Å². The van der Waals surface area contributed by atoms with Crippen LogP contribution in [0.2, 0.25) is 0 Å². The van der Waals surface area contributed by atoms with Crippen LogP contribution in [0.5, 0.6) is 0 Å². The molecular formula is C50H97N2O6P. The molecule has 0 aromatic heterocycles. The van der Waals surface area contributed by atoms with Crippen LogP contribution in [0.3, 0.4) is 0 Å². The lowest BCUT2D eigenvalue weighted by atomic mass is 10.0. The quantitative estimate of drug-likeness (QED) is 0.0273. The van der Waals surface area contributed by atoms with E-state index in [-0.39, 0.29) is 19.1 Å². The molecule has 348 valence electrons. The van der Waals surface area contributed by atoms with Crippen molar-refractivity contribution in [3.8, 4) is 0 Å². The third kappa shape index (κ3) is 44.6. The minimum Gasteiger partial charge on any atom is -0.756 e. The molecule has 0 saturated heterocycles. The van der Waals surface area contributed by atoms with Crippen LogP contribution >= 0.6 is 7.82 Å². The number of carbonyl (C=O) groups excluding carboxylic acids is 1. The van der Waals surface area contributed by atoms with Crippen LogP contribution in [0.15, 0.2) is 36.5 Å². The molecule has 1 amide bonds. The van der Waals surface area contributed by atoms with E-state index < -0.39 is 20.0 Å². The maximum atomic E-state index is 12.9. The van der Waals surface area contributed by atoms with Crippen LogP contribution in [-0.4, -0.2) is 68.5 Å². The minimum atomic E-state index is -4.56. The zero-order valence-corrected chi connectivity index (χ0v) is 40.4. The van der Waals surface area contributed by atoms with Gasteiger partial charge in [-0.3, -0.25) is 9.36 Å². The van der Waals surface area contributed by atoms with E-state index in [1.807, 2.05) is 21.1 Å². The highest BCUT2D eigenvalue weighted by atomic mass is 31.2. The number of amides is 1. The van der Waals surface area contributed by atoms with Gasteiger partial charge in [0.2, 0.25) is 5.91 Å². The molecule has 0 spiro atoms. The first-order valence-electron chi connectivity index (χ1n) is 24.8. The predicted molar refractivity (Wildman–Crippen MR) is 251 cm³/mol. The zero-order valence-electron chi connectivity index (χ0n) is 39.5. The van der Waals surface area contributed by atoms with E-state index in [9.17, 15) is 19.4 Å². The Morgan fingerprint density at radius 2 is 0.983 bits per heavy atom. The van der Waals surface area contributed by atoms with Crippen molar-refractivity contribution in [1.82, 2.24) is 5.32 Å². The molecule has 0 radical (unpaired) electrons. The molecular weight excluding hydrogens is 756 g/mol. The summed E-state index contributed by atoms with van der Waals surface area (Å²) < 4.78 is 23.3. The maximum Gasteiger partial charge on any atom is 0.268 e. The van der Waals surface area contributed by atoms with E-state index in [0.29, 0.717) is 23.9 Å². The van der Waals surface area contributed by atoms with Gasteiger partial charge in [0.25, 0.3) is 7.82 Å². The van der Waals surface area contributed by atoms with Gasteiger partial charge in [0.1, 0.15) is 13.2 Å². The number of hydrogen-bond acceptors (Lipinski definition) is 6. The average molecular weight is 853 g/mol. The number of allylic oxidation sites excluding steroid dienone is 6. The molecule has 3 atom stereocenters. The largest absolute Gasteiger partial charge is 0.756 e. The van der Waals surface area contributed by atoms with E-state index in [1.165, 1.54) is 148 Å². The van der Waals surface area contributed by atoms with Crippen molar-refractivity contribution in [2.45, 2.75) is 238 Å². The van der Waals surface area contributed by atoms with Gasteiger partial charge in [-0.25, -0.2) is 0 Å². The Balaban J connectivity index is 4.20. The van der Waals surface area contributed by atoms with E-state index in [1.54, 1.807) is 0 Å². The van der Waals surface area contributed by atoms with Crippen LogP contribution in [0.25, 0.3) is 0 Å². The van der Waals surface area contributed by atoms with E-state index >= 15 is 0 Å². The monoisotopic (exact) mass is 853 g/mol. The summed E-state index contributed by atoms with van der Waals surface area (Å²) in [4.78, 5) is 25.4. The van der Waals surface area contributed by atoms with Gasteiger partial charge in [-0.05, 0) is 51.4 Å². The fourth-order valence-corrected chi connectivity index (χ4v) is 7.89. The molecule has 0 aromatic rings. The molecule has 3 unspecified atom stereocenters. The van der Waals surface area contributed by atoms with E-state index in [0.717, 1.165) is 51.4 Å². The Morgan fingerprint density at radius 3 is 1.42 bits per heavy atom. The number of aliphatic hydroxyl groups excluding tert-OH is 1. The molecule has 8 nitrogen and oxygen atoms in total. The second kappa shape index (κ2) is 42.0. The lowest BCUT2D eigenvalue weighted by Crippen LogP contribution is -2.46. The third-order valence-corrected chi connectivity index (χ3v) is 12.1. The first kappa shape index (κ1) is 57.7. The number of nitrogens with one attached hydrogen (secondary N) is 1. The summed E-state index contributed by atoms with van der Waals surface area (Å²) in [5.74, 6) is -0.170. The van der Waals surface area contributed by atoms with Crippen LogP contribution in [-0.2, 0) is 18.4 Å². The molecule has 0 aromatic carbocycles. The number of hydrogen-bond donors (Lipinski definition) is 2. The zero-order chi connectivity index (χ0) is 43.6. The normalized spacial score (nSPS) is 14.5. The lowest BCUT2D eigenvalue weighted by Gasteiger charge is -2.30. The Morgan fingerprint density at radius 1 is 0.593 bits per heavy atom. The van der Waals surface area contributed by atoms with Crippen LogP contribution in [0, 0.1) is 0 Å². The fourth-order valence-electron chi connectivity index (χ4n) is 7.16. The second-order valence-corrected chi connectivity index (χ2v) is 19.6. The average Bonchev–Trinajstić information content (AvgIpc) is 3.19. The lowest BCUT2D eigenvalue weighted by molar-refractivity contribution is -0.870. The molecule has 0 bridgehead atoms. The number of phosphoric acid groups is 1. The smallest absolute Gasteiger partial charge is 0.268 e. The Kier molecular flexibility index (Phi) is 41.1. The molecule has 0 heterocycles. The first-order chi connectivity index (χ1) is 28.5. The summed E-state index contributed by atoms with van der Waals surface area (Å²) in [7, 11) is 1.30. The number of aliphatic hydroxyl groups is 1. The van der Waals surface area contributed by atoms with Gasteiger partial charge in [-0.1, -0.05) is 204 Å². The van der Waals surface area contributed by atoms with E-state index in [4.69, 9.17) is 9.05 Å². The van der Waals surface area contributed by atoms with Gasteiger partial charge < -0.3 is 28.8 Å². The van der Waals surface area contributed by atoms with Crippen LogP contribution in [0.1, 0.15) is 226 Å². The number of phosphoric ester groups is 1. The van der Waals surface area contributed by atoms with Crippen molar-refractivity contribution in [2.75, 3.05) is 40.9 Å². The number of rotatable bonds is 45. The Hall–Kier alpha value is -1.28. The van der Waals surface area contributed by atoms with Crippen molar-refractivity contribution in [3.05, 3.63) is 36.5 Å². The first-order valence-corrected chi connectivity index (χ1v) is 26.3. The predicted octanol–water partition coefficient (Wildman–Crippen LogP) is 13.6. The molecule has 9 heteroatoms. The summed E-state index contributed by atoms with van der Waals surface area (Å²) in [5, 5.41) is 13.9. The molecule has 0 aliphatic carbocycles. The SMILES string of the molecule is CCCCCCC/C=C\C/C=C\C/C=C\CCCCCCCCCCCCC(=O)NC(COP(=O)([O-])OCC[N+](C)(C)C)C(O)CCCCCCCCCCCCCC. The molecule has 0 saturated carbocycles. The Labute approximate surface area is 366 Å². The molecule has 0 rings (SSSR count). The summed E-state index contributed by atoms with van der Waals surface area (Å²) in [6, 6.07) is -0.801. The molecule has 2 N–H and O–H groups in total. The van der Waals surface area contributed by atoms with Crippen molar-refractivity contribution in [2.24, 2.45) is 0 Å². The number of carbonyl (C=O) groups is 1. The molecule has 0 aliphatic rings. The van der Waals surface area contributed by atoms with E-state index in [2.05, 4.69) is 55.6 Å². The van der Waals surface area contributed by atoms with Gasteiger partial charge in [0, 0.05) is 6.42 Å². The molecule has 59 heavy (non-hydrogen) atoms. The number of quaternary nitrogens is 1. The highest BCUT2D eigenvalue weighted by molar-refractivity contribution is 7.45. The summed E-state index contributed by atoms with van der Waals surface area (Å²) in [5.41, 5.74) is 0. The summed E-state index contributed by atoms with van der Waals surface area (Å²) >= 11 is 0. The Bertz CT molecular complexity index is 1060. The van der Waals surface area contributed by atoms with Crippen molar-refractivity contribution >= 4 is 13.7 Å². The molecule has 0 aliphatic heterocycles. The third-order valence-electron chi connectivity index (χ3n) is 11.1. The van der Waals surface area contributed by atoms with Crippen molar-refractivity contribution < 1.29 is 32.9 Å². The van der Waals surface area contributed by atoms with Gasteiger partial charge in [-0.2, -0.15) is 0 Å². The minimum absolute atomic E-state index is 0.0110. The van der Waals surface area contributed by atoms with Crippen LogP contribution in [0.4, 0.5) is 0 Å². The number of unbranched alkanes of at least 4 members (excludes halogenated alkanes) is 26. The number of nitrogens with zero attached hydrogens (tertiary/aromatic N) is 1. The number of likely N-dealkylation sites (N-methyl/N-ethyl adjacent to an activating group) is 1. The summed E-state index contributed by atoms with van der Waals surface area (Å²) in [6.07, 6.45) is 51.5. The highest BCUT2D eigenvalue weighted by Crippen LogP contribution is 2.38. The van der Waals surface area contributed by atoms with Gasteiger partial charge in [0.15, 0.2) is 0 Å². The highest BCUT2D eigenvalue weighted by Gasteiger charge is 2.24.